The van der Waals surface area contributed by atoms with Gasteiger partial charge in [0.1, 0.15) is 5.75 Å². The quantitative estimate of drug-likeness (QED) is 0.646. The molecule has 0 atom stereocenters. The summed E-state index contributed by atoms with van der Waals surface area (Å²) in [4.78, 5) is 24.7. The minimum Gasteiger partial charge on any atom is -0.483 e. The first-order chi connectivity index (χ1) is 15.2. The monoisotopic (exact) mass is 459 g/mol. The summed E-state index contributed by atoms with van der Waals surface area (Å²) in [5, 5.41) is 0. The van der Waals surface area contributed by atoms with Gasteiger partial charge in [-0.15, -0.1) is 0 Å². The van der Waals surface area contributed by atoms with Crippen molar-refractivity contribution in [2.24, 2.45) is 0 Å². The Morgan fingerprint density at radius 3 is 2.34 bits per heavy atom. The Labute approximate surface area is 189 Å². The summed E-state index contributed by atoms with van der Waals surface area (Å²) in [6, 6.07) is 10.2. The Kier molecular flexibility index (Phi) is 7.52. The van der Waals surface area contributed by atoms with Crippen molar-refractivity contribution in [3.8, 4) is 5.75 Å². The number of hydrogen-bond acceptors (Lipinski definition) is 5. The zero-order chi connectivity index (χ0) is 23.3. The molecule has 2 aromatic rings. The van der Waals surface area contributed by atoms with Crippen LogP contribution in [-0.2, 0) is 14.8 Å². The van der Waals surface area contributed by atoms with Crippen LogP contribution in [0.15, 0.2) is 41.3 Å². The molecule has 0 aliphatic carbocycles. The number of nitrogens with zero attached hydrogens (tertiary/aromatic N) is 1. The lowest BCUT2D eigenvalue weighted by Crippen LogP contribution is -2.44. The van der Waals surface area contributed by atoms with E-state index in [2.05, 4.69) is 10.9 Å². The van der Waals surface area contributed by atoms with Gasteiger partial charge in [0.25, 0.3) is 11.8 Å². The Balaban J connectivity index is 1.62. The predicted molar refractivity (Wildman–Crippen MR) is 121 cm³/mol. The number of carbonyl (C=O) groups excluding carboxylic acids is 2. The number of piperidine rings is 1. The summed E-state index contributed by atoms with van der Waals surface area (Å²) < 4.78 is 33.0. The molecular weight excluding hydrogens is 430 g/mol. The molecule has 1 aliphatic heterocycles. The van der Waals surface area contributed by atoms with Crippen LogP contribution < -0.4 is 15.6 Å². The van der Waals surface area contributed by atoms with E-state index in [1.807, 2.05) is 32.0 Å². The fourth-order valence-corrected chi connectivity index (χ4v) is 5.27. The van der Waals surface area contributed by atoms with E-state index in [0.717, 1.165) is 30.4 Å². The molecule has 0 bridgehead atoms. The number of carbonyl (C=O) groups is 2. The van der Waals surface area contributed by atoms with Crippen LogP contribution in [-0.4, -0.2) is 44.2 Å². The van der Waals surface area contributed by atoms with Gasteiger partial charge >= 0.3 is 0 Å². The topological polar surface area (TPSA) is 105 Å². The van der Waals surface area contributed by atoms with Crippen molar-refractivity contribution in [1.82, 2.24) is 15.2 Å². The fourth-order valence-electron chi connectivity index (χ4n) is 3.50. The summed E-state index contributed by atoms with van der Waals surface area (Å²) >= 11 is 0. The first-order valence-corrected chi connectivity index (χ1v) is 12.0. The number of aryl methyl sites for hydroxylation is 3. The van der Waals surface area contributed by atoms with Gasteiger partial charge in [0, 0.05) is 18.7 Å². The number of rotatable bonds is 6. The number of hydrogen-bond donors (Lipinski definition) is 2. The van der Waals surface area contributed by atoms with Crippen LogP contribution >= 0.6 is 0 Å². The summed E-state index contributed by atoms with van der Waals surface area (Å²) in [5.41, 5.74) is 7.22. The third-order valence-electron chi connectivity index (χ3n) is 5.40. The molecule has 0 radical (unpaired) electrons. The van der Waals surface area contributed by atoms with Crippen molar-refractivity contribution in [2.45, 2.75) is 44.9 Å². The summed E-state index contributed by atoms with van der Waals surface area (Å²) in [6.45, 7) is 6.19. The van der Waals surface area contributed by atoms with Crippen molar-refractivity contribution in [3.05, 3.63) is 58.7 Å². The number of hydrazine groups is 1. The van der Waals surface area contributed by atoms with E-state index in [1.165, 1.54) is 16.4 Å². The predicted octanol–water partition coefficient (Wildman–Crippen LogP) is 2.63. The minimum absolute atomic E-state index is 0.108. The molecule has 2 aromatic carbocycles. The lowest BCUT2D eigenvalue weighted by atomic mass is 10.1. The molecule has 0 spiro atoms. The van der Waals surface area contributed by atoms with E-state index >= 15 is 0 Å². The van der Waals surface area contributed by atoms with Crippen molar-refractivity contribution in [1.29, 1.82) is 0 Å². The number of ether oxygens (including phenoxy) is 1. The fraction of sp³-hybridized carbons (Fsp3) is 0.391. The van der Waals surface area contributed by atoms with E-state index in [0.29, 0.717) is 24.4 Å². The summed E-state index contributed by atoms with van der Waals surface area (Å²) in [7, 11) is -3.68. The van der Waals surface area contributed by atoms with Crippen molar-refractivity contribution >= 4 is 21.8 Å². The third kappa shape index (κ3) is 5.66. The molecule has 9 heteroatoms. The summed E-state index contributed by atoms with van der Waals surface area (Å²) in [6.07, 6.45) is 2.67. The first kappa shape index (κ1) is 23.7. The molecule has 1 saturated heterocycles. The van der Waals surface area contributed by atoms with Gasteiger partial charge in [-0.3, -0.25) is 20.4 Å². The Bertz CT molecular complexity index is 1110. The van der Waals surface area contributed by atoms with Gasteiger partial charge in [-0.25, -0.2) is 8.42 Å². The highest BCUT2D eigenvalue weighted by Crippen LogP contribution is 2.24. The van der Waals surface area contributed by atoms with Crippen molar-refractivity contribution in [2.75, 3.05) is 19.7 Å². The molecule has 1 fully saturated rings. The maximum absolute atomic E-state index is 13.0. The van der Waals surface area contributed by atoms with Crippen LogP contribution in [0.5, 0.6) is 5.75 Å². The second kappa shape index (κ2) is 10.1. The van der Waals surface area contributed by atoms with Crippen LogP contribution in [0, 0.1) is 20.8 Å². The maximum atomic E-state index is 13.0. The van der Waals surface area contributed by atoms with Gasteiger partial charge in [-0.1, -0.05) is 24.6 Å². The average molecular weight is 460 g/mol. The second-order valence-electron chi connectivity index (χ2n) is 8.00. The van der Waals surface area contributed by atoms with Crippen LogP contribution in [0.3, 0.4) is 0 Å². The smallest absolute Gasteiger partial charge is 0.276 e. The van der Waals surface area contributed by atoms with Crippen LogP contribution in [0.4, 0.5) is 0 Å². The molecule has 1 aliphatic rings. The van der Waals surface area contributed by atoms with E-state index in [9.17, 15) is 18.0 Å². The molecular formula is C23H29N3O5S. The van der Waals surface area contributed by atoms with E-state index in [1.54, 1.807) is 13.0 Å². The highest BCUT2D eigenvalue weighted by atomic mass is 32.2. The standard InChI is InChI=1S/C23H29N3O5S/c1-16-7-8-17(2)20(13-16)31-15-22(27)24-25-23(28)19-10-9-18(3)21(14-19)32(29,30)26-11-5-4-6-12-26/h7-10,13-14H,4-6,11-12,15H2,1-3H3,(H,24,27)(H,25,28). The van der Waals surface area contributed by atoms with Crippen molar-refractivity contribution < 1.29 is 22.7 Å². The molecule has 0 unspecified atom stereocenters. The van der Waals surface area contributed by atoms with E-state index in [4.69, 9.17) is 4.74 Å². The lowest BCUT2D eigenvalue weighted by Gasteiger charge is -2.26. The first-order valence-electron chi connectivity index (χ1n) is 10.6. The van der Waals surface area contributed by atoms with Crippen LogP contribution in [0.2, 0.25) is 0 Å². The molecule has 2 amide bonds. The Morgan fingerprint density at radius 2 is 1.62 bits per heavy atom. The highest BCUT2D eigenvalue weighted by molar-refractivity contribution is 7.89. The molecule has 0 saturated carbocycles. The second-order valence-corrected chi connectivity index (χ2v) is 9.91. The largest absolute Gasteiger partial charge is 0.483 e. The average Bonchev–Trinajstić information content (AvgIpc) is 2.78. The molecule has 1 heterocycles. The van der Waals surface area contributed by atoms with Gasteiger partial charge in [-0.05, 0) is 68.5 Å². The number of benzene rings is 2. The zero-order valence-electron chi connectivity index (χ0n) is 18.6. The van der Waals surface area contributed by atoms with Crippen LogP contribution in [0.25, 0.3) is 0 Å². The van der Waals surface area contributed by atoms with Gasteiger partial charge < -0.3 is 4.74 Å². The maximum Gasteiger partial charge on any atom is 0.276 e. The Hall–Kier alpha value is -2.91. The zero-order valence-corrected chi connectivity index (χ0v) is 19.4. The highest BCUT2D eigenvalue weighted by Gasteiger charge is 2.28. The molecule has 172 valence electrons. The van der Waals surface area contributed by atoms with E-state index < -0.39 is 21.8 Å². The van der Waals surface area contributed by atoms with Gasteiger partial charge in [0.15, 0.2) is 6.61 Å². The minimum atomic E-state index is -3.68. The number of amides is 2. The van der Waals surface area contributed by atoms with Crippen LogP contribution in [0.1, 0.15) is 46.3 Å². The molecule has 3 rings (SSSR count). The Morgan fingerprint density at radius 1 is 0.938 bits per heavy atom. The SMILES string of the molecule is Cc1ccc(C)c(OCC(=O)NNC(=O)c2ccc(C)c(S(=O)(=O)N3CCCCC3)c2)c1. The molecule has 8 nitrogen and oxygen atoms in total. The third-order valence-corrected chi connectivity index (χ3v) is 7.44. The molecule has 32 heavy (non-hydrogen) atoms. The van der Waals surface area contributed by atoms with Gasteiger partial charge in [-0.2, -0.15) is 4.31 Å². The summed E-state index contributed by atoms with van der Waals surface area (Å²) in [5.74, 6) is -0.551. The molecule has 0 aromatic heterocycles. The number of sulfonamides is 1. The lowest BCUT2D eigenvalue weighted by molar-refractivity contribution is -0.123. The van der Waals surface area contributed by atoms with Gasteiger partial charge in [0.2, 0.25) is 10.0 Å². The van der Waals surface area contributed by atoms with Crippen molar-refractivity contribution in [3.63, 3.8) is 0 Å². The molecule has 2 N–H and O–H groups in total. The van der Waals surface area contributed by atoms with E-state index in [-0.39, 0.29) is 17.1 Å². The normalized spacial score (nSPS) is 14.6. The van der Waals surface area contributed by atoms with Gasteiger partial charge in [0.05, 0.1) is 4.90 Å². The number of nitrogens with one attached hydrogen (secondary N) is 2.